The number of ether oxygens (including phenoxy) is 1. The molecule has 0 aliphatic carbocycles. The third-order valence-corrected chi connectivity index (χ3v) is 3.20. The van der Waals surface area contributed by atoms with E-state index in [-0.39, 0.29) is 12.1 Å². The van der Waals surface area contributed by atoms with Crippen molar-refractivity contribution < 1.29 is 9.53 Å². The molecule has 2 N–H and O–H groups in total. The SMILES string of the molecule is Cc1ccccc1C(C)NC(=O)NCCCOCC(C)C. The molecule has 0 saturated carbocycles. The Kier molecular flexibility index (Phi) is 7.83. The van der Waals surface area contributed by atoms with Crippen LogP contribution >= 0.6 is 0 Å². The standard InChI is InChI=1S/C17H28N2O2/c1-13(2)12-21-11-7-10-18-17(20)19-15(4)16-9-6-5-8-14(16)3/h5-6,8-9,13,15H,7,10-12H2,1-4H3,(H2,18,19,20). The van der Waals surface area contributed by atoms with E-state index in [4.69, 9.17) is 4.74 Å². The van der Waals surface area contributed by atoms with E-state index in [9.17, 15) is 4.79 Å². The van der Waals surface area contributed by atoms with E-state index in [1.807, 2.05) is 25.1 Å². The van der Waals surface area contributed by atoms with Gasteiger partial charge >= 0.3 is 6.03 Å². The van der Waals surface area contributed by atoms with E-state index in [1.165, 1.54) is 5.56 Å². The molecule has 0 spiro atoms. The van der Waals surface area contributed by atoms with Crippen molar-refractivity contribution in [2.45, 2.75) is 40.2 Å². The van der Waals surface area contributed by atoms with Gasteiger partial charge in [0.25, 0.3) is 0 Å². The van der Waals surface area contributed by atoms with Crippen molar-refractivity contribution in [1.82, 2.24) is 10.6 Å². The summed E-state index contributed by atoms with van der Waals surface area (Å²) < 4.78 is 5.47. The van der Waals surface area contributed by atoms with E-state index in [0.717, 1.165) is 18.6 Å². The fourth-order valence-corrected chi connectivity index (χ4v) is 2.09. The topological polar surface area (TPSA) is 50.4 Å². The number of nitrogens with one attached hydrogen (secondary N) is 2. The number of amides is 2. The lowest BCUT2D eigenvalue weighted by Gasteiger charge is -2.17. The number of carbonyl (C=O) groups is 1. The molecular weight excluding hydrogens is 264 g/mol. The van der Waals surface area contributed by atoms with Crippen LogP contribution in [0.2, 0.25) is 0 Å². The van der Waals surface area contributed by atoms with Gasteiger partial charge in [0.05, 0.1) is 6.04 Å². The largest absolute Gasteiger partial charge is 0.381 e. The smallest absolute Gasteiger partial charge is 0.315 e. The average Bonchev–Trinajstić information content (AvgIpc) is 2.42. The second-order valence-electron chi connectivity index (χ2n) is 5.80. The molecule has 1 atom stereocenters. The number of hydrogen-bond donors (Lipinski definition) is 2. The van der Waals surface area contributed by atoms with Gasteiger partial charge in [0.15, 0.2) is 0 Å². The minimum absolute atomic E-state index is 0.00314. The summed E-state index contributed by atoms with van der Waals surface area (Å²) >= 11 is 0. The first-order valence-electron chi connectivity index (χ1n) is 7.68. The molecule has 1 rings (SSSR count). The molecule has 0 aliphatic rings. The van der Waals surface area contributed by atoms with Crippen molar-refractivity contribution in [3.63, 3.8) is 0 Å². The highest BCUT2D eigenvalue weighted by molar-refractivity contribution is 5.74. The van der Waals surface area contributed by atoms with Crippen molar-refractivity contribution in [1.29, 1.82) is 0 Å². The monoisotopic (exact) mass is 292 g/mol. The molecule has 0 aliphatic heterocycles. The van der Waals surface area contributed by atoms with Crippen LogP contribution in [-0.4, -0.2) is 25.8 Å². The molecule has 1 aromatic rings. The van der Waals surface area contributed by atoms with Crippen molar-refractivity contribution in [2.75, 3.05) is 19.8 Å². The van der Waals surface area contributed by atoms with Crippen LogP contribution in [0.25, 0.3) is 0 Å². The second kappa shape index (κ2) is 9.40. The fraction of sp³-hybridized carbons (Fsp3) is 0.588. The molecule has 0 bridgehead atoms. The maximum atomic E-state index is 11.8. The molecule has 21 heavy (non-hydrogen) atoms. The number of urea groups is 1. The molecular formula is C17H28N2O2. The van der Waals surface area contributed by atoms with Crippen LogP contribution in [0.3, 0.4) is 0 Å². The molecule has 1 aromatic carbocycles. The summed E-state index contributed by atoms with van der Waals surface area (Å²) in [5.74, 6) is 0.552. The first-order chi connectivity index (χ1) is 10.0. The minimum atomic E-state index is -0.130. The predicted molar refractivity (Wildman–Crippen MR) is 86.4 cm³/mol. The van der Waals surface area contributed by atoms with Gasteiger partial charge in [0.1, 0.15) is 0 Å². The van der Waals surface area contributed by atoms with Gasteiger partial charge in [0, 0.05) is 19.8 Å². The van der Waals surface area contributed by atoms with Crippen molar-refractivity contribution >= 4 is 6.03 Å². The summed E-state index contributed by atoms with van der Waals surface area (Å²) in [6.45, 7) is 10.4. The maximum Gasteiger partial charge on any atom is 0.315 e. The molecule has 0 saturated heterocycles. The van der Waals surface area contributed by atoms with Gasteiger partial charge in [-0.05, 0) is 37.3 Å². The Balaban J connectivity index is 2.20. The van der Waals surface area contributed by atoms with Crippen LogP contribution in [0.5, 0.6) is 0 Å². The molecule has 0 aromatic heterocycles. The zero-order chi connectivity index (χ0) is 15.7. The first kappa shape index (κ1) is 17.5. The molecule has 1 unspecified atom stereocenters. The maximum absolute atomic E-state index is 11.8. The summed E-state index contributed by atoms with van der Waals surface area (Å²) in [6.07, 6.45) is 0.832. The Morgan fingerprint density at radius 3 is 2.62 bits per heavy atom. The summed E-state index contributed by atoms with van der Waals surface area (Å²) in [6, 6.07) is 7.96. The van der Waals surface area contributed by atoms with E-state index in [0.29, 0.717) is 19.1 Å². The zero-order valence-electron chi connectivity index (χ0n) is 13.6. The van der Waals surface area contributed by atoms with Crippen LogP contribution in [0, 0.1) is 12.8 Å². The molecule has 0 heterocycles. The Bertz CT molecular complexity index is 433. The summed E-state index contributed by atoms with van der Waals surface area (Å²) in [7, 11) is 0. The van der Waals surface area contributed by atoms with Gasteiger partial charge in [0.2, 0.25) is 0 Å². The van der Waals surface area contributed by atoms with Crippen molar-refractivity contribution in [3.8, 4) is 0 Å². The van der Waals surface area contributed by atoms with Gasteiger partial charge in [-0.1, -0.05) is 38.1 Å². The highest BCUT2D eigenvalue weighted by atomic mass is 16.5. The zero-order valence-corrected chi connectivity index (χ0v) is 13.6. The molecule has 4 nitrogen and oxygen atoms in total. The lowest BCUT2D eigenvalue weighted by molar-refractivity contribution is 0.108. The van der Waals surface area contributed by atoms with E-state index < -0.39 is 0 Å². The molecule has 2 amide bonds. The van der Waals surface area contributed by atoms with Gasteiger partial charge in [-0.2, -0.15) is 0 Å². The molecule has 4 heteroatoms. The van der Waals surface area contributed by atoms with Crippen molar-refractivity contribution in [2.24, 2.45) is 5.92 Å². The lowest BCUT2D eigenvalue weighted by Crippen LogP contribution is -2.38. The van der Waals surface area contributed by atoms with E-state index >= 15 is 0 Å². The Hall–Kier alpha value is -1.55. The average molecular weight is 292 g/mol. The van der Waals surface area contributed by atoms with Crippen LogP contribution in [0.15, 0.2) is 24.3 Å². The second-order valence-corrected chi connectivity index (χ2v) is 5.80. The number of rotatable bonds is 8. The predicted octanol–water partition coefficient (Wildman–Crippen LogP) is 3.42. The Labute approximate surface area is 128 Å². The highest BCUT2D eigenvalue weighted by Gasteiger charge is 2.10. The fourth-order valence-electron chi connectivity index (χ4n) is 2.09. The lowest BCUT2D eigenvalue weighted by atomic mass is 10.0. The minimum Gasteiger partial charge on any atom is -0.381 e. The first-order valence-corrected chi connectivity index (χ1v) is 7.68. The van der Waals surface area contributed by atoms with Gasteiger partial charge in [-0.25, -0.2) is 4.79 Å². The van der Waals surface area contributed by atoms with Gasteiger partial charge < -0.3 is 15.4 Å². The van der Waals surface area contributed by atoms with Crippen LogP contribution in [-0.2, 0) is 4.74 Å². The normalized spacial score (nSPS) is 12.2. The number of carbonyl (C=O) groups excluding carboxylic acids is 1. The van der Waals surface area contributed by atoms with Crippen LogP contribution < -0.4 is 10.6 Å². The Morgan fingerprint density at radius 1 is 1.24 bits per heavy atom. The third-order valence-electron chi connectivity index (χ3n) is 3.20. The third kappa shape index (κ3) is 7.14. The molecule has 118 valence electrons. The van der Waals surface area contributed by atoms with Crippen molar-refractivity contribution in [3.05, 3.63) is 35.4 Å². The van der Waals surface area contributed by atoms with E-state index in [1.54, 1.807) is 0 Å². The number of benzene rings is 1. The van der Waals surface area contributed by atoms with Crippen LogP contribution in [0.1, 0.15) is 44.4 Å². The molecule has 0 fully saturated rings. The van der Waals surface area contributed by atoms with Gasteiger partial charge in [-0.3, -0.25) is 0 Å². The summed E-state index contributed by atoms with van der Waals surface area (Å²) in [5, 5.41) is 5.82. The highest BCUT2D eigenvalue weighted by Crippen LogP contribution is 2.16. The van der Waals surface area contributed by atoms with Crippen LogP contribution in [0.4, 0.5) is 4.79 Å². The number of aryl methyl sites for hydroxylation is 1. The number of hydrogen-bond acceptors (Lipinski definition) is 2. The van der Waals surface area contributed by atoms with E-state index in [2.05, 4.69) is 37.5 Å². The quantitative estimate of drug-likeness (QED) is 0.721. The Morgan fingerprint density at radius 2 is 1.95 bits per heavy atom. The van der Waals surface area contributed by atoms with Gasteiger partial charge in [-0.15, -0.1) is 0 Å². The summed E-state index contributed by atoms with van der Waals surface area (Å²) in [4.78, 5) is 11.8. The molecule has 0 radical (unpaired) electrons. The summed E-state index contributed by atoms with van der Waals surface area (Å²) in [5.41, 5.74) is 2.33.